The number of ether oxygens (including phenoxy) is 1. The molecule has 0 radical (unpaired) electrons. The number of amides is 2. The number of carbonyl (C=O) groups is 2. The van der Waals surface area contributed by atoms with Crippen LogP contribution in [0.25, 0.3) is 0 Å². The zero-order valence-electron chi connectivity index (χ0n) is 14.2. The average Bonchev–Trinajstić information content (AvgIpc) is 2.54. The van der Waals surface area contributed by atoms with E-state index in [9.17, 15) is 9.59 Å². The molecule has 0 unspecified atom stereocenters. The molecule has 1 aliphatic heterocycles. The predicted molar refractivity (Wildman–Crippen MR) is 89.5 cm³/mol. The summed E-state index contributed by atoms with van der Waals surface area (Å²) in [6.07, 6.45) is 3.53. The Morgan fingerprint density at radius 3 is 2.83 bits per heavy atom. The lowest BCUT2D eigenvalue weighted by molar-refractivity contribution is -0.147. The third-order valence-corrected chi connectivity index (χ3v) is 5.73. The van der Waals surface area contributed by atoms with Crippen LogP contribution in [0.4, 0.5) is 0 Å². The fourth-order valence-corrected chi connectivity index (χ4v) is 4.67. The van der Waals surface area contributed by atoms with Crippen molar-refractivity contribution >= 4 is 11.8 Å². The molecule has 5 rings (SSSR count). The zero-order valence-corrected chi connectivity index (χ0v) is 14.2. The minimum Gasteiger partial charge on any atom is -0.467 e. The molecule has 5 nitrogen and oxygen atoms in total. The van der Waals surface area contributed by atoms with Crippen LogP contribution in [-0.4, -0.2) is 23.6 Å². The van der Waals surface area contributed by atoms with Gasteiger partial charge in [0.25, 0.3) is 5.91 Å². The first-order valence-corrected chi connectivity index (χ1v) is 8.89. The number of nitrogens with one attached hydrogen (secondary N) is 2. The first-order chi connectivity index (χ1) is 11.5. The molecule has 1 heterocycles. The summed E-state index contributed by atoms with van der Waals surface area (Å²) in [5.74, 6) is 1.23. The first kappa shape index (κ1) is 15.5. The normalized spacial score (nSPS) is 33.8. The molecule has 3 saturated carbocycles. The molecule has 0 aromatic heterocycles. The molecule has 1 aromatic rings. The number of hydrogen-bond donors (Lipinski definition) is 2. The van der Waals surface area contributed by atoms with E-state index in [0.29, 0.717) is 17.7 Å². The van der Waals surface area contributed by atoms with Crippen molar-refractivity contribution in [3.8, 4) is 5.75 Å². The van der Waals surface area contributed by atoms with Gasteiger partial charge in [0.1, 0.15) is 5.75 Å². The van der Waals surface area contributed by atoms with Gasteiger partial charge in [-0.15, -0.1) is 0 Å². The Morgan fingerprint density at radius 1 is 1.33 bits per heavy atom. The smallest absolute Gasteiger partial charge is 0.258 e. The van der Waals surface area contributed by atoms with Gasteiger partial charge >= 0.3 is 0 Å². The van der Waals surface area contributed by atoms with E-state index < -0.39 is 5.72 Å². The Hall–Kier alpha value is -2.04. The van der Waals surface area contributed by atoms with Crippen LogP contribution in [0.2, 0.25) is 0 Å². The minimum absolute atomic E-state index is 0.0365. The molecular formula is C19H24N2O3. The summed E-state index contributed by atoms with van der Waals surface area (Å²) in [7, 11) is 0. The Labute approximate surface area is 142 Å². The number of carbonyl (C=O) groups excluding carboxylic acids is 2. The number of fused-ring (bicyclic) bond motifs is 3. The SMILES string of the molecule is CC(C)NC(=O)[C@H]1C[C@H]2CC[C@H]1C[C@]21NC(=O)c2ccccc2O1. The summed E-state index contributed by atoms with van der Waals surface area (Å²) < 4.78 is 6.31. The van der Waals surface area contributed by atoms with Crippen molar-refractivity contribution in [3.63, 3.8) is 0 Å². The quantitative estimate of drug-likeness (QED) is 0.876. The Balaban J connectivity index is 1.58. The molecule has 1 spiro atoms. The molecule has 3 aliphatic carbocycles. The molecule has 1 aromatic carbocycles. The lowest BCUT2D eigenvalue weighted by Gasteiger charge is -2.55. The fraction of sp³-hybridized carbons (Fsp3) is 0.579. The molecule has 128 valence electrons. The monoisotopic (exact) mass is 328 g/mol. The first-order valence-electron chi connectivity index (χ1n) is 8.89. The minimum atomic E-state index is -0.636. The Bertz CT molecular complexity index is 687. The molecule has 2 N–H and O–H groups in total. The molecule has 2 bridgehead atoms. The van der Waals surface area contributed by atoms with E-state index in [1.54, 1.807) is 6.07 Å². The van der Waals surface area contributed by atoms with Crippen molar-refractivity contribution in [2.75, 3.05) is 0 Å². The van der Waals surface area contributed by atoms with Crippen LogP contribution in [0, 0.1) is 17.8 Å². The molecular weight excluding hydrogens is 304 g/mol. The van der Waals surface area contributed by atoms with Gasteiger partial charge in [0.05, 0.1) is 5.56 Å². The van der Waals surface area contributed by atoms with Gasteiger partial charge in [-0.25, -0.2) is 0 Å². The molecule has 24 heavy (non-hydrogen) atoms. The maximum atomic E-state index is 12.5. The number of benzene rings is 1. The number of para-hydroxylation sites is 1. The second kappa shape index (κ2) is 5.50. The van der Waals surface area contributed by atoms with Crippen LogP contribution in [0.5, 0.6) is 5.75 Å². The summed E-state index contributed by atoms with van der Waals surface area (Å²) in [5.41, 5.74) is -0.0400. The van der Waals surface area contributed by atoms with E-state index in [2.05, 4.69) is 10.6 Å². The number of rotatable bonds is 2. The maximum Gasteiger partial charge on any atom is 0.258 e. The average molecular weight is 328 g/mol. The highest BCUT2D eigenvalue weighted by Gasteiger charge is 2.57. The lowest BCUT2D eigenvalue weighted by Crippen LogP contribution is -2.67. The molecule has 3 fully saturated rings. The van der Waals surface area contributed by atoms with Gasteiger partial charge in [-0.1, -0.05) is 12.1 Å². The standard InChI is InChI=1S/C19H24N2O3/c1-11(2)20-17(22)15-9-13-8-7-12(15)10-19(13)21-18(23)14-5-3-4-6-16(14)24-19/h3-6,11-13,15H,7-10H2,1-2H3,(H,20,22)(H,21,23)/t12-,13+,15-,19+/m0/s1. The highest BCUT2D eigenvalue weighted by atomic mass is 16.5. The van der Waals surface area contributed by atoms with Crippen LogP contribution in [0.15, 0.2) is 24.3 Å². The van der Waals surface area contributed by atoms with Crippen molar-refractivity contribution in [3.05, 3.63) is 29.8 Å². The van der Waals surface area contributed by atoms with Gasteiger partial charge in [-0.3, -0.25) is 9.59 Å². The van der Waals surface area contributed by atoms with E-state index in [1.807, 2.05) is 32.0 Å². The van der Waals surface area contributed by atoms with Crippen LogP contribution in [-0.2, 0) is 4.79 Å². The lowest BCUT2D eigenvalue weighted by atomic mass is 9.60. The van der Waals surface area contributed by atoms with Gasteiger partial charge in [0.15, 0.2) is 5.72 Å². The van der Waals surface area contributed by atoms with Gasteiger partial charge < -0.3 is 15.4 Å². The maximum absolute atomic E-state index is 12.5. The van der Waals surface area contributed by atoms with Gasteiger partial charge in [0.2, 0.25) is 5.91 Å². The third kappa shape index (κ3) is 2.38. The highest BCUT2D eigenvalue weighted by molar-refractivity contribution is 5.98. The van der Waals surface area contributed by atoms with Crippen molar-refractivity contribution in [1.82, 2.24) is 10.6 Å². The molecule has 5 heteroatoms. The Morgan fingerprint density at radius 2 is 2.12 bits per heavy atom. The van der Waals surface area contributed by atoms with E-state index in [0.717, 1.165) is 19.3 Å². The van der Waals surface area contributed by atoms with Gasteiger partial charge in [0, 0.05) is 24.3 Å². The van der Waals surface area contributed by atoms with Crippen LogP contribution < -0.4 is 15.4 Å². The third-order valence-electron chi connectivity index (χ3n) is 5.73. The van der Waals surface area contributed by atoms with Crippen molar-refractivity contribution in [2.24, 2.45) is 17.8 Å². The van der Waals surface area contributed by atoms with Crippen LogP contribution in [0.1, 0.15) is 49.9 Å². The highest BCUT2D eigenvalue weighted by Crippen LogP contribution is 2.52. The Kier molecular flexibility index (Phi) is 3.55. The molecule has 2 amide bonds. The van der Waals surface area contributed by atoms with Gasteiger partial charge in [-0.05, 0) is 51.2 Å². The summed E-state index contributed by atoms with van der Waals surface area (Å²) in [6.45, 7) is 3.98. The molecule has 4 aliphatic rings. The second-order valence-electron chi connectivity index (χ2n) is 7.69. The van der Waals surface area contributed by atoms with E-state index >= 15 is 0 Å². The van der Waals surface area contributed by atoms with E-state index in [1.165, 1.54) is 0 Å². The number of hydrogen-bond acceptors (Lipinski definition) is 3. The largest absolute Gasteiger partial charge is 0.467 e. The zero-order chi connectivity index (χ0) is 16.9. The van der Waals surface area contributed by atoms with Crippen molar-refractivity contribution in [1.29, 1.82) is 0 Å². The van der Waals surface area contributed by atoms with Crippen LogP contribution in [0.3, 0.4) is 0 Å². The summed E-state index contributed by atoms with van der Waals surface area (Å²) >= 11 is 0. The van der Waals surface area contributed by atoms with Gasteiger partial charge in [-0.2, -0.15) is 0 Å². The molecule has 0 saturated heterocycles. The summed E-state index contributed by atoms with van der Waals surface area (Å²) in [5, 5.41) is 6.17. The van der Waals surface area contributed by atoms with E-state index in [4.69, 9.17) is 4.74 Å². The predicted octanol–water partition coefficient (Wildman–Crippen LogP) is 2.47. The topological polar surface area (TPSA) is 67.4 Å². The fourth-order valence-electron chi connectivity index (χ4n) is 4.67. The van der Waals surface area contributed by atoms with Crippen molar-refractivity contribution in [2.45, 2.75) is 51.3 Å². The summed E-state index contributed by atoms with van der Waals surface area (Å²) in [6, 6.07) is 7.55. The van der Waals surface area contributed by atoms with Crippen molar-refractivity contribution < 1.29 is 14.3 Å². The summed E-state index contributed by atoms with van der Waals surface area (Å²) in [4.78, 5) is 25.0. The van der Waals surface area contributed by atoms with Crippen LogP contribution >= 0.6 is 0 Å². The molecule has 4 atom stereocenters. The second-order valence-corrected chi connectivity index (χ2v) is 7.69. The van der Waals surface area contributed by atoms with E-state index in [-0.39, 0.29) is 35.6 Å².